The molecule has 2 rings (SSSR count). The van der Waals surface area contributed by atoms with E-state index in [-0.39, 0.29) is 11.7 Å². The fraction of sp³-hybridized carbons (Fsp3) is 0.200. The maximum absolute atomic E-state index is 11.6. The van der Waals surface area contributed by atoms with Gasteiger partial charge in [-0.25, -0.2) is 0 Å². The fourth-order valence-electron chi connectivity index (χ4n) is 1.31. The molecule has 2 aromatic rings. The molecule has 0 saturated heterocycles. The summed E-state index contributed by atoms with van der Waals surface area (Å²) in [7, 11) is 0. The van der Waals surface area contributed by atoms with Crippen LogP contribution in [0.5, 0.6) is 0 Å². The smallest absolute Gasteiger partial charge is 0.287 e. The van der Waals surface area contributed by atoms with Gasteiger partial charge in [0.2, 0.25) is 0 Å². The second-order valence-corrected chi connectivity index (χ2v) is 4.18. The topological polar surface area (TPSA) is 86.1 Å². The second kappa shape index (κ2) is 5.05. The molecule has 6 nitrogen and oxygen atoms in total. The molecule has 3 N–H and O–H groups in total. The number of nitrogens with one attached hydrogen (secondary N) is 1. The van der Waals surface area contributed by atoms with Crippen molar-refractivity contribution in [3.8, 4) is 0 Å². The largest absolute Gasteiger partial charge is 0.444 e. The lowest BCUT2D eigenvalue weighted by atomic mass is 10.4. The van der Waals surface area contributed by atoms with Gasteiger partial charge >= 0.3 is 0 Å². The number of anilines is 1. The van der Waals surface area contributed by atoms with Crippen LogP contribution in [0.3, 0.4) is 0 Å². The van der Waals surface area contributed by atoms with Crippen LogP contribution in [-0.4, -0.2) is 22.2 Å². The Labute approximate surface area is 106 Å². The van der Waals surface area contributed by atoms with E-state index in [9.17, 15) is 4.79 Å². The van der Waals surface area contributed by atoms with Gasteiger partial charge in [-0.1, -0.05) is 0 Å². The van der Waals surface area contributed by atoms with Gasteiger partial charge in [-0.3, -0.25) is 9.48 Å². The Balaban J connectivity index is 1.81. The first-order valence-corrected chi connectivity index (χ1v) is 5.76. The summed E-state index contributed by atoms with van der Waals surface area (Å²) in [6.07, 6.45) is 3.26. The van der Waals surface area contributed by atoms with Crippen LogP contribution in [0.25, 0.3) is 0 Å². The Hall–Kier alpha value is -1.76. The summed E-state index contributed by atoms with van der Waals surface area (Å²) in [6, 6.07) is 3.27. The molecule has 0 unspecified atom stereocenters. The highest BCUT2D eigenvalue weighted by Gasteiger charge is 2.09. The minimum Gasteiger partial charge on any atom is -0.444 e. The van der Waals surface area contributed by atoms with Gasteiger partial charge in [0.15, 0.2) is 10.4 Å². The van der Waals surface area contributed by atoms with Crippen LogP contribution in [0, 0.1) is 0 Å². The molecular formula is C10H11BrN4O2. The number of carbonyl (C=O) groups is 1. The average Bonchev–Trinajstić information content (AvgIpc) is 2.88. The number of amides is 1. The Kier molecular flexibility index (Phi) is 3.48. The van der Waals surface area contributed by atoms with Crippen LogP contribution in [-0.2, 0) is 6.54 Å². The molecule has 0 aliphatic rings. The molecular weight excluding hydrogens is 288 g/mol. The van der Waals surface area contributed by atoms with E-state index in [0.29, 0.717) is 23.4 Å². The van der Waals surface area contributed by atoms with Crippen molar-refractivity contribution in [2.75, 3.05) is 12.3 Å². The van der Waals surface area contributed by atoms with Crippen LogP contribution in [0.4, 0.5) is 5.69 Å². The van der Waals surface area contributed by atoms with Crippen molar-refractivity contribution in [2.45, 2.75) is 6.54 Å². The summed E-state index contributed by atoms with van der Waals surface area (Å²) < 4.78 is 7.30. The first kappa shape index (κ1) is 11.7. The molecule has 0 aliphatic heterocycles. The normalized spacial score (nSPS) is 10.4. The molecule has 0 radical (unpaired) electrons. The summed E-state index contributed by atoms with van der Waals surface area (Å²) in [5.41, 5.74) is 6.12. The van der Waals surface area contributed by atoms with E-state index < -0.39 is 0 Å². The summed E-state index contributed by atoms with van der Waals surface area (Å²) >= 11 is 3.13. The fourth-order valence-corrected chi connectivity index (χ4v) is 1.62. The number of rotatable bonds is 4. The lowest BCUT2D eigenvalue weighted by molar-refractivity contribution is 0.0923. The molecule has 0 fully saturated rings. The molecule has 2 aromatic heterocycles. The van der Waals surface area contributed by atoms with Crippen LogP contribution >= 0.6 is 15.9 Å². The second-order valence-electron chi connectivity index (χ2n) is 3.40. The minimum absolute atomic E-state index is 0.254. The first-order chi connectivity index (χ1) is 8.15. The molecule has 90 valence electrons. The Bertz CT molecular complexity index is 520. The van der Waals surface area contributed by atoms with E-state index >= 15 is 0 Å². The number of hydrogen-bond acceptors (Lipinski definition) is 4. The van der Waals surface area contributed by atoms with Crippen LogP contribution < -0.4 is 11.1 Å². The molecule has 17 heavy (non-hydrogen) atoms. The van der Waals surface area contributed by atoms with Crippen molar-refractivity contribution in [2.24, 2.45) is 0 Å². The number of nitrogen functional groups attached to an aromatic ring is 1. The SMILES string of the molecule is Nc1cnn(CCNC(=O)c2ccc(Br)o2)c1. The number of aromatic nitrogens is 2. The van der Waals surface area contributed by atoms with Crippen molar-refractivity contribution in [1.29, 1.82) is 0 Å². The highest BCUT2D eigenvalue weighted by Crippen LogP contribution is 2.13. The maximum atomic E-state index is 11.6. The van der Waals surface area contributed by atoms with Gasteiger partial charge in [0.05, 0.1) is 18.4 Å². The molecule has 7 heteroatoms. The molecule has 0 aromatic carbocycles. The molecule has 0 spiro atoms. The van der Waals surface area contributed by atoms with Gasteiger partial charge in [-0.15, -0.1) is 0 Å². The Morgan fingerprint density at radius 2 is 2.41 bits per heavy atom. The minimum atomic E-state index is -0.254. The molecule has 0 aliphatic carbocycles. The monoisotopic (exact) mass is 298 g/mol. The third kappa shape index (κ3) is 3.10. The summed E-state index contributed by atoms with van der Waals surface area (Å²) in [4.78, 5) is 11.6. The summed E-state index contributed by atoms with van der Waals surface area (Å²) in [5, 5.41) is 6.71. The lowest BCUT2D eigenvalue weighted by Gasteiger charge is -2.03. The number of carbonyl (C=O) groups excluding carboxylic acids is 1. The molecule has 1 amide bonds. The van der Waals surface area contributed by atoms with Gasteiger partial charge < -0.3 is 15.5 Å². The lowest BCUT2D eigenvalue weighted by Crippen LogP contribution is -2.26. The Morgan fingerprint density at radius 3 is 3.00 bits per heavy atom. The van der Waals surface area contributed by atoms with E-state index in [1.807, 2.05) is 0 Å². The van der Waals surface area contributed by atoms with Crippen LogP contribution in [0.15, 0.2) is 33.6 Å². The zero-order valence-corrected chi connectivity index (χ0v) is 10.5. The van der Waals surface area contributed by atoms with E-state index in [1.54, 1.807) is 29.2 Å². The summed E-state index contributed by atoms with van der Waals surface area (Å²) in [5.74, 6) is 0.0210. The van der Waals surface area contributed by atoms with Gasteiger partial charge in [-0.2, -0.15) is 5.10 Å². The number of furan rings is 1. The number of nitrogens with zero attached hydrogens (tertiary/aromatic N) is 2. The number of hydrogen-bond donors (Lipinski definition) is 2. The standard InChI is InChI=1S/C10H11BrN4O2/c11-9-2-1-8(17-9)10(16)13-3-4-15-6-7(12)5-14-15/h1-2,5-6H,3-4,12H2,(H,13,16). The third-order valence-electron chi connectivity index (χ3n) is 2.08. The summed E-state index contributed by atoms with van der Waals surface area (Å²) in [6.45, 7) is 1.02. The molecule has 0 bridgehead atoms. The van der Waals surface area contributed by atoms with Crippen LogP contribution in [0.2, 0.25) is 0 Å². The van der Waals surface area contributed by atoms with E-state index in [4.69, 9.17) is 10.2 Å². The number of halogens is 1. The zero-order chi connectivity index (χ0) is 12.3. The van der Waals surface area contributed by atoms with E-state index in [1.165, 1.54) is 0 Å². The highest BCUT2D eigenvalue weighted by molar-refractivity contribution is 9.10. The van der Waals surface area contributed by atoms with Crippen molar-refractivity contribution in [3.63, 3.8) is 0 Å². The zero-order valence-electron chi connectivity index (χ0n) is 8.89. The number of nitrogens with two attached hydrogens (primary N) is 1. The van der Waals surface area contributed by atoms with Crippen LogP contribution in [0.1, 0.15) is 10.6 Å². The molecule has 0 saturated carbocycles. The molecule has 0 atom stereocenters. The van der Waals surface area contributed by atoms with Crippen molar-refractivity contribution < 1.29 is 9.21 Å². The van der Waals surface area contributed by atoms with E-state index in [2.05, 4.69) is 26.3 Å². The van der Waals surface area contributed by atoms with Crippen molar-refractivity contribution >= 4 is 27.5 Å². The average molecular weight is 299 g/mol. The maximum Gasteiger partial charge on any atom is 0.287 e. The van der Waals surface area contributed by atoms with Crippen molar-refractivity contribution in [1.82, 2.24) is 15.1 Å². The highest BCUT2D eigenvalue weighted by atomic mass is 79.9. The third-order valence-corrected chi connectivity index (χ3v) is 2.50. The predicted molar refractivity (Wildman–Crippen MR) is 65.4 cm³/mol. The van der Waals surface area contributed by atoms with Gasteiger partial charge in [0.1, 0.15) is 0 Å². The quantitative estimate of drug-likeness (QED) is 0.889. The van der Waals surface area contributed by atoms with Crippen molar-refractivity contribution in [3.05, 3.63) is 35.0 Å². The van der Waals surface area contributed by atoms with Gasteiger partial charge in [0, 0.05) is 12.7 Å². The van der Waals surface area contributed by atoms with Gasteiger partial charge in [-0.05, 0) is 28.1 Å². The molecule has 2 heterocycles. The van der Waals surface area contributed by atoms with Gasteiger partial charge in [0.25, 0.3) is 5.91 Å². The first-order valence-electron chi connectivity index (χ1n) is 4.96. The van der Waals surface area contributed by atoms with E-state index in [0.717, 1.165) is 0 Å². The predicted octanol–water partition coefficient (Wildman–Crippen LogP) is 1.25. The Morgan fingerprint density at radius 1 is 1.59 bits per heavy atom.